The SMILES string of the molecule is Cc1ccc(C2C3=C4Nc5ccccc5NC(=O)C4C(N)=NC3=Nc3[nH]c(=O)[nH]c(=O)c32)cc1. The number of carbonyl (C=O) groups excluding carboxylic acids is 1. The molecule has 2 unspecified atom stereocenters. The molecule has 6 rings (SSSR count). The lowest BCUT2D eigenvalue weighted by Crippen LogP contribution is -2.43. The molecule has 34 heavy (non-hydrogen) atoms. The van der Waals surface area contributed by atoms with E-state index in [9.17, 15) is 14.4 Å². The highest BCUT2D eigenvalue weighted by molar-refractivity contribution is 6.22. The Labute approximate surface area is 192 Å². The molecule has 0 aliphatic carbocycles. The zero-order valence-electron chi connectivity index (χ0n) is 18.0. The number of hydrogen-bond donors (Lipinski definition) is 5. The van der Waals surface area contributed by atoms with Crippen molar-refractivity contribution in [2.24, 2.45) is 21.6 Å². The van der Waals surface area contributed by atoms with E-state index in [1.807, 2.05) is 49.4 Å². The van der Waals surface area contributed by atoms with Gasteiger partial charge >= 0.3 is 5.69 Å². The molecule has 2 aromatic carbocycles. The van der Waals surface area contributed by atoms with Gasteiger partial charge < -0.3 is 16.4 Å². The first-order valence-corrected chi connectivity index (χ1v) is 10.7. The van der Waals surface area contributed by atoms with E-state index in [2.05, 4.69) is 30.6 Å². The van der Waals surface area contributed by atoms with Gasteiger partial charge in [-0.25, -0.2) is 14.8 Å². The molecular weight excluding hydrogens is 434 g/mol. The van der Waals surface area contributed by atoms with Gasteiger partial charge in [0.25, 0.3) is 5.56 Å². The number of amides is 1. The number of rotatable bonds is 1. The summed E-state index contributed by atoms with van der Waals surface area (Å²) in [4.78, 5) is 52.1. The lowest BCUT2D eigenvalue weighted by Gasteiger charge is -2.33. The average Bonchev–Trinajstić information content (AvgIpc) is 2.94. The molecule has 10 nitrogen and oxygen atoms in total. The van der Waals surface area contributed by atoms with Crippen LogP contribution in [0.2, 0.25) is 0 Å². The molecule has 6 N–H and O–H groups in total. The largest absolute Gasteiger partial charge is 0.386 e. The van der Waals surface area contributed by atoms with Gasteiger partial charge in [0.05, 0.1) is 16.9 Å². The fraction of sp³-hybridized carbons (Fsp3) is 0.125. The first-order chi connectivity index (χ1) is 16.4. The third kappa shape index (κ3) is 2.92. The summed E-state index contributed by atoms with van der Waals surface area (Å²) in [5.41, 5.74) is 9.48. The molecule has 0 saturated heterocycles. The van der Waals surface area contributed by atoms with Gasteiger partial charge in [0.1, 0.15) is 17.6 Å². The molecule has 1 aromatic heterocycles. The molecule has 0 saturated carbocycles. The topological polar surface area (TPSA) is 158 Å². The van der Waals surface area contributed by atoms with E-state index < -0.39 is 23.1 Å². The average molecular weight is 453 g/mol. The van der Waals surface area contributed by atoms with Gasteiger partial charge in [-0.3, -0.25) is 19.6 Å². The second-order valence-electron chi connectivity index (χ2n) is 8.41. The van der Waals surface area contributed by atoms with Crippen LogP contribution in [0.5, 0.6) is 0 Å². The second-order valence-corrected chi connectivity index (χ2v) is 8.41. The molecule has 4 heterocycles. The van der Waals surface area contributed by atoms with Crippen molar-refractivity contribution in [3.63, 3.8) is 0 Å². The maximum atomic E-state index is 13.2. The fourth-order valence-corrected chi connectivity index (χ4v) is 4.68. The van der Waals surface area contributed by atoms with Gasteiger partial charge in [-0.1, -0.05) is 42.0 Å². The van der Waals surface area contributed by atoms with E-state index in [0.29, 0.717) is 22.6 Å². The summed E-state index contributed by atoms with van der Waals surface area (Å²) in [6, 6.07) is 15.0. The summed E-state index contributed by atoms with van der Waals surface area (Å²) < 4.78 is 0. The number of hydrogen-bond acceptors (Lipinski definition) is 7. The predicted molar refractivity (Wildman–Crippen MR) is 129 cm³/mol. The third-order valence-corrected chi connectivity index (χ3v) is 6.23. The minimum Gasteiger partial charge on any atom is -0.386 e. The summed E-state index contributed by atoms with van der Waals surface area (Å²) in [5.74, 6) is -1.48. The zero-order valence-corrected chi connectivity index (χ0v) is 18.0. The highest BCUT2D eigenvalue weighted by atomic mass is 16.2. The summed E-state index contributed by atoms with van der Waals surface area (Å²) in [5, 5.41) is 6.26. The second kappa shape index (κ2) is 7.14. The number of fused-ring (bicyclic) bond motifs is 4. The Morgan fingerprint density at radius 3 is 2.29 bits per heavy atom. The van der Waals surface area contributed by atoms with Crippen molar-refractivity contribution in [1.29, 1.82) is 0 Å². The van der Waals surface area contributed by atoms with E-state index in [1.165, 1.54) is 0 Å². The number of nitrogens with one attached hydrogen (secondary N) is 4. The van der Waals surface area contributed by atoms with Crippen LogP contribution in [0, 0.1) is 12.8 Å². The Morgan fingerprint density at radius 2 is 1.56 bits per heavy atom. The Hall–Kier alpha value is -4.73. The lowest BCUT2D eigenvalue weighted by molar-refractivity contribution is -0.117. The first kappa shape index (κ1) is 19.9. The zero-order chi connectivity index (χ0) is 23.6. The van der Waals surface area contributed by atoms with Crippen LogP contribution in [0.4, 0.5) is 17.2 Å². The maximum absolute atomic E-state index is 13.2. The van der Waals surface area contributed by atoms with E-state index in [-0.39, 0.29) is 29.0 Å². The van der Waals surface area contributed by atoms with E-state index in [1.54, 1.807) is 6.07 Å². The van der Waals surface area contributed by atoms with Crippen molar-refractivity contribution in [3.05, 3.63) is 97.3 Å². The molecule has 3 aliphatic heterocycles. The molecule has 0 spiro atoms. The van der Waals surface area contributed by atoms with Crippen molar-refractivity contribution in [2.45, 2.75) is 12.8 Å². The Kier molecular flexibility index (Phi) is 4.18. The van der Waals surface area contributed by atoms with Crippen molar-refractivity contribution >= 4 is 34.8 Å². The van der Waals surface area contributed by atoms with E-state index in [4.69, 9.17) is 5.73 Å². The van der Waals surface area contributed by atoms with Crippen LogP contribution in [-0.2, 0) is 4.79 Å². The summed E-state index contributed by atoms with van der Waals surface area (Å²) in [7, 11) is 0. The van der Waals surface area contributed by atoms with Crippen molar-refractivity contribution in [2.75, 3.05) is 10.6 Å². The van der Waals surface area contributed by atoms with Crippen molar-refractivity contribution < 1.29 is 4.79 Å². The number of H-pyrrole nitrogens is 2. The minimum absolute atomic E-state index is 0.0635. The normalized spacial score (nSPS) is 20.4. The summed E-state index contributed by atoms with van der Waals surface area (Å²) >= 11 is 0. The highest BCUT2D eigenvalue weighted by Gasteiger charge is 2.43. The first-order valence-electron chi connectivity index (χ1n) is 10.7. The molecule has 0 radical (unpaired) electrons. The van der Waals surface area contributed by atoms with Crippen LogP contribution in [-0.4, -0.2) is 27.5 Å². The smallest absolute Gasteiger partial charge is 0.327 e. The van der Waals surface area contributed by atoms with Crippen LogP contribution in [0.3, 0.4) is 0 Å². The van der Waals surface area contributed by atoms with Crippen molar-refractivity contribution in [3.8, 4) is 0 Å². The predicted octanol–water partition coefficient (Wildman–Crippen LogP) is 1.85. The van der Waals surface area contributed by atoms with Gasteiger partial charge in [-0.15, -0.1) is 0 Å². The quantitative estimate of drug-likeness (QED) is 0.380. The molecule has 168 valence electrons. The van der Waals surface area contributed by atoms with Gasteiger partial charge in [0, 0.05) is 17.2 Å². The number of aliphatic imine (C=N–C) groups is 2. The highest BCUT2D eigenvalue weighted by Crippen LogP contribution is 2.45. The van der Waals surface area contributed by atoms with E-state index in [0.717, 1.165) is 11.1 Å². The molecule has 3 aromatic rings. The number of nitrogens with zero attached hydrogens (tertiary/aromatic N) is 2. The van der Waals surface area contributed by atoms with Gasteiger partial charge in [-0.2, -0.15) is 0 Å². The van der Waals surface area contributed by atoms with Crippen LogP contribution in [0.1, 0.15) is 22.6 Å². The molecule has 2 atom stereocenters. The molecule has 3 aliphatic rings. The molecular formula is C24H19N7O3. The third-order valence-electron chi connectivity index (χ3n) is 6.23. The van der Waals surface area contributed by atoms with Crippen LogP contribution in [0.25, 0.3) is 0 Å². The monoisotopic (exact) mass is 453 g/mol. The number of benzene rings is 2. The van der Waals surface area contributed by atoms with Crippen LogP contribution in [0.15, 0.2) is 79.4 Å². The molecule has 1 amide bonds. The number of aromatic amines is 2. The number of anilines is 2. The Morgan fingerprint density at radius 1 is 0.853 bits per heavy atom. The number of nitrogens with two attached hydrogens (primary N) is 1. The number of para-hydroxylation sites is 2. The van der Waals surface area contributed by atoms with Crippen molar-refractivity contribution in [1.82, 2.24) is 9.97 Å². The van der Waals surface area contributed by atoms with Gasteiger partial charge in [0.15, 0.2) is 5.84 Å². The lowest BCUT2D eigenvalue weighted by atomic mass is 9.78. The number of aryl methyl sites for hydroxylation is 1. The number of carbonyl (C=O) groups is 1. The number of aromatic nitrogens is 2. The minimum atomic E-state index is -0.905. The summed E-state index contributed by atoms with van der Waals surface area (Å²) in [6.45, 7) is 1.97. The van der Waals surface area contributed by atoms with Crippen LogP contribution < -0.4 is 27.6 Å². The van der Waals surface area contributed by atoms with E-state index >= 15 is 0 Å². The Bertz CT molecular complexity index is 1590. The molecule has 10 heteroatoms. The number of dihydropyridines is 1. The molecule has 0 fully saturated rings. The van der Waals surface area contributed by atoms with Gasteiger partial charge in [0.2, 0.25) is 5.91 Å². The molecule has 0 bridgehead atoms. The maximum Gasteiger partial charge on any atom is 0.327 e. The summed E-state index contributed by atoms with van der Waals surface area (Å²) in [6.07, 6.45) is 0. The number of amidine groups is 2. The Balaban J connectivity index is 1.70. The standard InChI is InChI=1S/C24H19N7O3/c1-10-6-8-11(9-7-10)14-15-18-17(23(33)27-13-5-3-2-4-12(13)26-18)19(25)28-20(15)29-21-16(14)22(32)31-24(34)30-21/h2-9,14,17,26H,1H3,(H,27,33)(H4,25,28,29,30,31,32,34). The fourth-order valence-electron chi connectivity index (χ4n) is 4.68. The van der Waals surface area contributed by atoms with Gasteiger partial charge in [-0.05, 0) is 24.6 Å². The van der Waals surface area contributed by atoms with Crippen LogP contribution >= 0.6 is 0 Å².